The first-order valence-electron chi connectivity index (χ1n) is 7.74. The molecule has 2 rings (SSSR count). The van der Waals surface area contributed by atoms with Crippen LogP contribution < -0.4 is 15.4 Å². The van der Waals surface area contributed by atoms with Crippen LogP contribution in [0.3, 0.4) is 0 Å². The van der Waals surface area contributed by atoms with Gasteiger partial charge in [0.05, 0.1) is 17.3 Å². The van der Waals surface area contributed by atoms with Crippen LogP contribution in [0.1, 0.15) is 29.8 Å². The number of carbonyl (C=O) groups excluding carboxylic acids is 3. The third-order valence-corrected chi connectivity index (χ3v) is 3.28. The van der Waals surface area contributed by atoms with Gasteiger partial charge in [0.15, 0.2) is 6.61 Å². The first-order valence-corrected chi connectivity index (χ1v) is 7.74. The summed E-state index contributed by atoms with van der Waals surface area (Å²) >= 11 is 0. The molecule has 132 valence electrons. The van der Waals surface area contributed by atoms with Crippen LogP contribution in [0.5, 0.6) is 5.75 Å². The topological polar surface area (TPSA) is 108 Å². The van der Waals surface area contributed by atoms with Gasteiger partial charge in [-0.3, -0.25) is 14.4 Å². The van der Waals surface area contributed by atoms with Gasteiger partial charge in [-0.25, -0.2) is 0 Å². The van der Waals surface area contributed by atoms with Crippen molar-refractivity contribution in [3.8, 4) is 11.8 Å². The van der Waals surface area contributed by atoms with E-state index in [1.807, 2.05) is 6.07 Å². The van der Waals surface area contributed by atoms with Gasteiger partial charge in [0, 0.05) is 25.1 Å². The minimum Gasteiger partial charge on any atom is -0.485 e. The Hall–Kier alpha value is -3.66. The monoisotopic (exact) mass is 351 g/mol. The second-order valence-electron chi connectivity index (χ2n) is 5.47. The molecule has 0 saturated heterocycles. The van der Waals surface area contributed by atoms with E-state index in [1.165, 1.54) is 32.0 Å². The standard InChI is InChI=1S/C19H17N3O4/c1-12(23)21-15-6-7-17(18(9-15)22-13(2)24)19(25)11-26-16-5-3-4-14(8-16)10-20/h3-9H,11H2,1-2H3,(H,21,23)(H,22,24). The van der Waals surface area contributed by atoms with Crippen molar-refractivity contribution in [1.29, 1.82) is 5.26 Å². The first kappa shape index (κ1) is 18.7. The number of anilines is 2. The molecule has 0 fully saturated rings. The number of amides is 2. The highest BCUT2D eigenvalue weighted by atomic mass is 16.5. The molecular weight excluding hydrogens is 334 g/mol. The average molecular weight is 351 g/mol. The largest absolute Gasteiger partial charge is 0.485 e. The zero-order valence-electron chi connectivity index (χ0n) is 14.3. The molecule has 26 heavy (non-hydrogen) atoms. The molecule has 7 nitrogen and oxygen atoms in total. The smallest absolute Gasteiger partial charge is 0.221 e. The maximum absolute atomic E-state index is 12.5. The molecule has 7 heteroatoms. The molecule has 0 bridgehead atoms. The van der Waals surface area contributed by atoms with Crippen LogP contribution in [-0.4, -0.2) is 24.2 Å². The van der Waals surface area contributed by atoms with Gasteiger partial charge in [-0.2, -0.15) is 5.26 Å². The number of carbonyl (C=O) groups is 3. The number of nitriles is 1. The van der Waals surface area contributed by atoms with Crippen LogP contribution in [-0.2, 0) is 9.59 Å². The van der Waals surface area contributed by atoms with E-state index < -0.39 is 0 Å². The molecule has 0 spiro atoms. The van der Waals surface area contributed by atoms with E-state index in [9.17, 15) is 14.4 Å². The van der Waals surface area contributed by atoms with Gasteiger partial charge in [-0.05, 0) is 36.4 Å². The number of ether oxygens (including phenoxy) is 1. The lowest BCUT2D eigenvalue weighted by Crippen LogP contribution is -2.17. The maximum atomic E-state index is 12.5. The minimum absolute atomic E-state index is 0.255. The summed E-state index contributed by atoms with van der Waals surface area (Å²) in [7, 11) is 0. The molecule has 2 aromatic carbocycles. The molecule has 0 atom stereocenters. The molecule has 0 unspecified atom stereocenters. The molecular formula is C19H17N3O4. The van der Waals surface area contributed by atoms with Crippen molar-refractivity contribution in [2.75, 3.05) is 17.2 Å². The quantitative estimate of drug-likeness (QED) is 0.778. The lowest BCUT2D eigenvalue weighted by molar-refractivity contribution is -0.115. The summed E-state index contributed by atoms with van der Waals surface area (Å²) in [5, 5.41) is 14.0. The zero-order chi connectivity index (χ0) is 19.1. The highest BCUT2D eigenvalue weighted by Crippen LogP contribution is 2.22. The van der Waals surface area contributed by atoms with E-state index in [1.54, 1.807) is 24.3 Å². The molecule has 0 aliphatic rings. The number of benzene rings is 2. The van der Waals surface area contributed by atoms with Crippen LogP contribution in [0.4, 0.5) is 11.4 Å². The summed E-state index contributed by atoms with van der Waals surface area (Å²) in [6.07, 6.45) is 0. The van der Waals surface area contributed by atoms with Gasteiger partial charge in [-0.15, -0.1) is 0 Å². The predicted octanol–water partition coefficient (Wildman–Crippen LogP) is 2.74. The van der Waals surface area contributed by atoms with E-state index in [-0.39, 0.29) is 35.5 Å². The fourth-order valence-electron chi connectivity index (χ4n) is 2.24. The van der Waals surface area contributed by atoms with E-state index in [4.69, 9.17) is 10.00 Å². The molecule has 0 aromatic heterocycles. The van der Waals surface area contributed by atoms with Crippen LogP contribution in [0.2, 0.25) is 0 Å². The lowest BCUT2D eigenvalue weighted by Gasteiger charge is -2.12. The van der Waals surface area contributed by atoms with Crippen LogP contribution in [0, 0.1) is 11.3 Å². The molecule has 0 aliphatic heterocycles. The van der Waals surface area contributed by atoms with Crippen molar-refractivity contribution >= 4 is 29.0 Å². The maximum Gasteiger partial charge on any atom is 0.221 e. The van der Waals surface area contributed by atoms with Gasteiger partial charge in [-0.1, -0.05) is 6.07 Å². The minimum atomic E-state index is -0.356. The van der Waals surface area contributed by atoms with Crippen LogP contribution in [0.25, 0.3) is 0 Å². The average Bonchev–Trinajstić information content (AvgIpc) is 2.59. The second-order valence-corrected chi connectivity index (χ2v) is 5.47. The van der Waals surface area contributed by atoms with Crippen molar-refractivity contribution in [2.24, 2.45) is 0 Å². The third-order valence-electron chi connectivity index (χ3n) is 3.28. The van der Waals surface area contributed by atoms with Crippen LogP contribution >= 0.6 is 0 Å². The Bertz CT molecular complexity index is 900. The van der Waals surface area contributed by atoms with Gasteiger partial charge in [0.2, 0.25) is 17.6 Å². The highest BCUT2D eigenvalue weighted by molar-refractivity contribution is 6.06. The number of hydrogen-bond acceptors (Lipinski definition) is 5. The number of ketones is 1. The van der Waals surface area contributed by atoms with E-state index in [0.717, 1.165) is 0 Å². The highest BCUT2D eigenvalue weighted by Gasteiger charge is 2.14. The lowest BCUT2D eigenvalue weighted by atomic mass is 10.1. The van der Waals surface area contributed by atoms with Crippen molar-refractivity contribution in [2.45, 2.75) is 13.8 Å². The Kier molecular flexibility index (Phi) is 6.06. The van der Waals surface area contributed by atoms with Gasteiger partial charge in [0.1, 0.15) is 5.75 Å². The number of Topliss-reactive ketones (excluding diaryl/α,β-unsaturated/α-hetero) is 1. The zero-order valence-corrected chi connectivity index (χ0v) is 14.3. The normalized spacial score (nSPS) is 9.73. The summed E-state index contributed by atoms with van der Waals surface area (Å²) in [4.78, 5) is 35.0. The number of rotatable bonds is 6. The van der Waals surface area contributed by atoms with Crippen molar-refractivity contribution in [3.05, 3.63) is 53.6 Å². The molecule has 2 aromatic rings. The SMILES string of the molecule is CC(=O)Nc1ccc(C(=O)COc2cccc(C#N)c2)c(NC(C)=O)c1. The second kappa shape index (κ2) is 8.44. The van der Waals surface area contributed by atoms with Crippen LogP contribution in [0.15, 0.2) is 42.5 Å². The Balaban J connectivity index is 2.19. The summed E-state index contributed by atoms with van der Waals surface area (Å²) in [5.41, 5.74) is 1.42. The Morgan fingerprint density at radius 1 is 1.04 bits per heavy atom. The van der Waals surface area contributed by atoms with Crippen molar-refractivity contribution < 1.29 is 19.1 Å². The molecule has 0 aliphatic carbocycles. The first-order chi connectivity index (χ1) is 12.4. The number of nitrogens with one attached hydrogen (secondary N) is 2. The Labute approximate surface area is 150 Å². The summed E-state index contributed by atoms with van der Waals surface area (Å²) in [6.45, 7) is 2.42. The summed E-state index contributed by atoms with van der Waals surface area (Å²) < 4.78 is 5.44. The molecule has 0 saturated carbocycles. The van der Waals surface area contributed by atoms with E-state index in [0.29, 0.717) is 17.0 Å². The van der Waals surface area contributed by atoms with Gasteiger partial charge >= 0.3 is 0 Å². The van der Waals surface area contributed by atoms with Crippen molar-refractivity contribution in [1.82, 2.24) is 0 Å². The van der Waals surface area contributed by atoms with E-state index in [2.05, 4.69) is 10.6 Å². The molecule has 2 N–H and O–H groups in total. The number of hydrogen-bond donors (Lipinski definition) is 2. The molecule has 2 amide bonds. The fraction of sp³-hybridized carbons (Fsp3) is 0.158. The number of nitrogens with zero attached hydrogens (tertiary/aromatic N) is 1. The molecule has 0 radical (unpaired) electrons. The van der Waals surface area contributed by atoms with Crippen molar-refractivity contribution in [3.63, 3.8) is 0 Å². The predicted molar refractivity (Wildman–Crippen MR) is 96.0 cm³/mol. The van der Waals surface area contributed by atoms with E-state index >= 15 is 0 Å². The Morgan fingerprint density at radius 2 is 1.77 bits per heavy atom. The third kappa shape index (κ3) is 5.18. The Morgan fingerprint density at radius 3 is 2.42 bits per heavy atom. The molecule has 0 heterocycles. The fourth-order valence-corrected chi connectivity index (χ4v) is 2.24. The van der Waals surface area contributed by atoms with Gasteiger partial charge in [0.25, 0.3) is 0 Å². The summed E-state index contributed by atoms with van der Waals surface area (Å²) in [6, 6.07) is 13.0. The summed E-state index contributed by atoms with van der Waals surface area (Å²) in [5.74, 6) is -0.570. The van der Waals surface area contributed by atoms with Gasteiger partial charge < -0.3 is 15.4 Å².